The van der Waals surface area contributed by atoms with Crippen molar-refractivity contribution >= 4 is 23.2 Å². The molecule has 1 N–H and O–H groups in total. The number of nitrogens with zero attached hydrogens (tertiary/aromatic N) is 1. The molecule has 1 atom stereocenters. The van der Waals surface area contributed by atoms with Crippen molar-refractivity contribution in [1.29, 1.82) is 0 Å². The lowest BCUT2D eigenvalue weighted by Gasteiger charge is -2.28. The smallest absolute Gasteiger partial charge is 0.0701 e. The number of hydrogen-bond donors (Lipinski definition) is 1. The van der Waals surface area contributed by atoms with E-state index in [2.05, 4.69) is 18.7 Å². The quantitative estimate of drug-likeness (QED) is 0.905. The molecular weight excluding hydrogens is 293 g/mol. The predicted octanol–water partition coefficient (Wildman–Crippen LogP) is 4.16. The van der Waals surface area contributed by atoms with Crippen LogP contribution in [0.5, 0.6) is 0 Å². The van der Waals surface area contributed by atoms with Crippen LogP contribution in [0, 0.1) is 0 Å². The van der Waals surface area contributed by atoms with E-state index in [-0.39, 0.29) is 0 Å². The zero-order chi connectivity index (χ0) is 14.8. The third-order valence-electron chi connectivity index (χ3n) is 4.23. The first-order chi connectivity index (χ1) is 9.41. The number of rotatable bonds is 3. The lowest BCUT2D eigenvalue weighted by Crippen LogP contribution is -2.35. The van der Waals surface area contributed by atoms with E-state index in [0.29, 0.717) is 22.5 Å². The molecule has 0 radical (unpaired) electrons. The van der Waals surface area contributed by atoms with Gasteiger partial charge in [-0.05, 0) is 51.3 Å². The Bertz CT molecular complexity index is 464. The molecule has 1 saturated heterocycles. The molecule has 0 aromatic heterocycles. The fourth-order valence-corrected chi connectivity index (χ4v) is 3.32. The first-order valence-corrected chi connectivity index (χ1v) is 8.06. The molecule has 1 aromatic rings. The van der Waals surface area contributed by atoms with Gasteiger partial charge in [-0.3, -0.25) is 0 Å². The van der Waals surface area contributed by atoms with Crippen molar-refractivity contribution in [3.63, 3.8) is 0 Å². The molecule has 1 heterocycles. The van der Waals surface area contributed by atoms with E-state index in [1.807, 2.05) is 12.1 Å². The van der Waals surface area contributed by atoms with Crippen LogP contribution in [-0.2, 0) is 6.42 Å². The fourth-order valence-electron chi connectivity index (χ4n) is 2.93. The molecule has 20 heavy (non-hydrogen) atoms. The summed E-state index contributed by atoms with van der Waals surface area (Å²) in [6.07, 6.45) is 3.21. The summed E-state index contributed by atoms with van der Waals surface area (Å²) in [5, 5.41) is 12.0. The number of hydrogen-bond acceptors (Lipinski definition) is 2. The number of aliphatic hydroxyl groups is 1. The second-order valence-electron chi connectivity index (χ2n) is 6.10. The molecule has 1 aliphatic heterocycles. The minimum atomic E-state index is -0.669. The molecule has 0 aliphatic carbocycles. The second kappa shape index (κ2) is 6.65. The minimum Gasteiger partial charge on any atom is -0.389 e. The molecule has 112 valence electrons. The Hall–Kier alpha value is -0.280. The van der Waals surface area contributed by atoms with E-state index in [9.17, 15) is 5.11 Å². The van der Waals surface area contributed by atoms with E-state index in [4.69, 9.17) is 23.2 Å². The summed E-state index contributed by atoms with van der Waals surface area (Å²) < 4.78 is 0. The van der Waals surface area contributed by atoms with Crippen LogP contribution >= 0.6 is 23.2 Å². The maximum atomic E-state index is 10.9. The monoisotopic (exact) mass is 315 g/mol. The van der Waals surface area contributed by atoms with Crippen molar-refractivity contribution in [3.05, 3.63) is 33.8 Å². The average Bonchev–Trinajstić information content (AvgIpc) is 2.57. The summed E-state index contributed by atoms with van der Waals surface area (Å²) in [5.74, 6) is 0. The van der Waals surface area contributed by atoms with Crippen LogP contribution in [0.2, 0.25) is 10.0 Å². The highest BCUT2D eigenvalue weighted by Crippen LogP contribution is 2.32. The Morgan fingerprint density at radius 2 is 2.00 bits per heavy atom. The highest BCUT2D eigenvalue weighted by molar-refractivity contribution is 6.42. The highest BCUT2D eigenvalue weighted by atomic mass is 35.5. The molecule has 2 rings (SSSR count). The summed E-state index contributed by atoms with van der Waals surface area (Å²) in [6.45, 7) is 6.41. The molecule has 0 bridgehead atoms. The van der Waals surface area contributed by atoms with Gasteiger partial charge in [0, 0.05) is 19.0 Å². The van der Waals surface area contributed by atoms with Crippen LogP contribution in [-0.4, -0.2) is 34.7 Å². The Kier molecular flexibility index (Phi) is 5.36. The van der Waals surface area contributed by atoms with E-state index in [1.165, 1.54) is 0 Å². The fraction of sp³-hybridized carbons (Fsp3) is 0.625. The summed E-state index contributed by atoms with van der Waals surface area (Å²) in [5.41, 5.74) is 0.275. The Morgan fingerprint density at radius 3 is 2.70 bits per heavy atom. The van der Waals surface area contributed by atoms with Gasteiger partial charge >= 0.3 is 0 Å². The van der Waals surface area contributed by atoms with Crippen molar-refractivity contribution < 1.29 is 5.11 Å². The van der Waals surface area contributed by atoms with Gasteiger partial charge in [0.2, 0.25) is 0 Å². The van der Waals surface area contributed by atoms with E-state index < -0.39 is 5.60 Å². The van der Waals surface area contributed by atoms with Gasteiger partial charge in [-0.15, -0.1) is 0 Å². The largest absolute Gasteiger partial charge is 0.389 e. The van der Waals surface area contributed by atoms with E-state index in [1.54, 1.807) is 6.07 Å². The molecule has 1 fully saturated rings. The number of halogens is 2. The molecule has 4 heteroatoms. The average molecular weight is 316 g/mol. The molecule has 0 amide bonds. The molecule has 0 spiro atoms. The summed E-state index contributed by atoms with van der Waals surface area (Å²) in [4.78, 5) is 2.43. The lowest BCUT2D eigenvalue weighted by atomic mass is 9.88. The van der Waals surface area contributed by atoms with Crippen molar-refractivity contribution in [1.82, 2.24) is 4.90 Å². The summed E-state index contributed by atoms with van der Waals surface area (Å²) >= 11 is 12.3. The third-order valence-corrected chi connectivity index (χ3v) is 5.09. The summed E-state index contributed by atoms with van der Waals surface area (Å²) in [6, 6.07) is 6.17. The normalized spacial score (nSPS) is 24.9. The Morgan fingerprint density at radius 1 is 1.25 bits per heavy atom. The van der Waals surface area contributed by atoms with Gasteiger partial charge < -0.3 is 10.0 Å². The van der Waals surface area contributed by atoms with Crippen molar-refractivity contribution in [3.8, 4) is 0 Å². The zero-order valence-electron chi connectivity index (χ0n) is 12.2. The molecule has 0 saturated carbocycles. The standard InChI is InChI=1S/C16H23Cl2NO/c1-12(2)19-9-4-7-16(20,8-10-19)11-13-5-3-6-14(17)15(13)18/h3,5-6,12,20H,4,7-11H2,1-2H3. The highest BCUT2D eigenvalue weighted by Gasteiger charge is 2.31. The first kappa shape index (κ1) is 16.1. The lowest BCUT2D eigenvalue weighted by molar-refractivity contribution is 0.0249. The van der Waals surface area contributed by atoms with Crippen LogP contribution in [0.25, 0.3) is 0 Å². The maximum Gasteiger partial charge on any atom is 0.0701 e. The Balaban J connectivity index is 2.09. The van der Waals surface area contributed by atoms with Crippen LogP contribution in [0.1, 0.15) is 38.7 Å². The van der Waals surface area contributed by atoms with Crippen LogP contribution in [0.4, 0.5) is 0 Å². The van der Waals surface area contributed by atoms with Crippen molar-refractivity contribution in [2.45, 2.75) is 51.2 Å². The van der Waals surface area contributed by atoms with Gasteiger partial charge in [-0.25, -0.2) is 0 Å². The zero-order valence-corrected chi connectivity index (χ0v) is 13.7. The van der Waals surface area contributed by atoms with Crippen LogP contribution < -0.4 is 0 Å². The van der Waals surface area contributed by atoms with Gasteiger partial charge in [0.25, 0.3) is 0 Å². The van der Waals surface area contributed by atoms with E-state index >= 15 is 0 Å². The molecule has 1 aromatic carbocycles. The molecule has 1 aliphatic rings. The topological polar surface area (TPSA) is 23.5 Å². The van der Waals surface area contributed by atoms with E-state index in [0.717, 1.165) is 37.9 Å². The van der Waals surface area contributed by atoms with Gasteiger partial charge in [0.15, 0.2) is 0 Å². The molecule has 2 nitrogen and oxygen atoms in total. The van der Waals surface area contributed by atoms with Gasteiger partial charge in [-0.2, -0.15) is 0 Å². The first-order valence-electron chi connectivity index (χ1n) is 7.31. The maximum absolute atomic E-state index is 10.9. The van der Waals surface area contributed by atoms with Crippen molar-refractivity contribution in [2.75, 3.05) is 13.1 Å². The minimum absolute atomic E-state index is 0.534. The predicted molar refractivity (Wildman–Crippen MR) is 85.7 cm³/mol. The van der Waals surface area contributed by atoms with Gasteiger partial charge in [-0.1, -0.05) is 35.3 Å². The third kappa shape index (κ3) is 3.88. The number of benzene rings is 1. The van der Waals surface area contributed by atoms with Crippen LogP contribution in [0.15, 0.2) is 18.2 Å². The van der Waals surface area contributed by atoms with Crippen molar-refractivity contribution in [2.24, 2.45) is 0 Å². The van der Waals surface area contributed by atoms with Crippen LogP contribution in [0.3, 0.4) is 0 Å². The summed E-state index contributed by atoms with van der Waals surface area (Å²) in [7, 11) is 0. The molecule has 1 unspecified atom stereocenters. The SMILES string of the molecule is CC(C)N1CCCC(O)(Cc2cccc(Cl)c2Cl)CC1. The number of likely N-dealkylation sites (tertiary alicyclic amines) is 1. The second-order valence-corrected chi connectivity index (χ2v) is 6.88. The van der Waals surface area contributed by atoms with Gasteiger partial charge in [0.1, 0.15) is 0 Å². The Labute approximate surface area is 131 Å². The molecular formula is C16H23Cl2NO. The van der Waals surface area contributed by atoms with Gasteiger partial charge in [0.05, 0.1) is 15.6 Å².